The topological polar surface area (TPSA) is 73.9 Å². The Morgan fingerprint density at radius 2 is 1.93 bits per heavy atom. The molecule has 0 radical (unpaired) electrons. The highest BCUT2D eigenvalue weighted by Crippen LogP contribution is 2.44. The molecular weight excluding hydrogens is 346 g/mol. The Morgan fingerprint density at radius 1 is 1.19 bits per heavy atom. The van der Waals surface area contributed by atoms with Crippen LogP contribution in [0.5, 0.6) is 11.5 Å². The van der Waals surface area contributed by atoms with Crippen LogP contribution in [0.2, 0.25) is 0 Å². The molecule has 2 aliphatic rings. The Bertz CT molecular complexity index is 837. The summed E-state index contributed by atoms with van der Waals surface area (Å²) < 4.78 is 16.0. The molecule has 1 heterocycles. The number of hydrogen-bond acceptors (Lipinski definition) is 6. The van der Waals surface area contributed by atoms with E-state index in [2.05, 4.69) is 5.32 Å². The zero-order valence-electron chi connectivity index (χ0n) is 16.2. The Morgan fingerprint density at radius 3 is 2.59 bits per heavy atom. The second-order valence-electron chi connectivity index (χ2n) is 6.60. The summed E-state index contributed by atoms with van der Waals surface area (Å²) in [5, 5.41) is 3.27. The largest absolute Gasteiger partial charge is 0.493 e. The van der Waals surface area contributed by atoms with Crippen molar-refractivity contribution in [1.82, 2.24) is 5.32 Å². The van der Waals surface area contributed by atoms with Gasteiger partial charge in [-0.1, -0.05) is 6.07 Å². The lowest BCUT2D eigenvalue weighted by molar-refractivity contribution is -0.138. The van der Waals surface area contributed by atoms with Gasteiger partial charge in [0.05, 0.1) is 26.4 Å². The molecule has 144 valence electrons. The van der Waals surface area contributed by atoms with Gasteiger partial charge < -0.3 is 19.5 Å². The van der Waals surface area contributed by atoms with E-state index in [-0.39, 0.29) is 12.4 Å². The maximum absolute atomic E-state index is 12.8. The van der Waals surface area contributed by atoms with Crippen molar-refractivity contribution in [2.75, 3.05) is 20.8 Å². The molecule has 0 aromatic heterocycles. The highest BCUT2D eigenvalue weighted by molar-refractivity contribution is 6.03. The number of nitrogens with one attached hydrogen (secondary N) is 1. The van der Waals surface area contributed by atoms with Gasteiger partial charge >= 0.3 is 5.97 Å². The molecule has 6 heteroatoms. The highest BCUT2D eigenvalue weighted by Gasteiger charge is 2.39. The fourth-order valence-electron chi connectivity index (χ4n) is 3.83. The third kappa shape index (κ3) is 3.44. The third-order valence-corrected chi connectivity index (χ3v) is 5.01. The van der Waals surface area contributed by atoms with Crippen LogP contribution in [0.4, 0.5) is 0 Å². The molecule has 1 atom stereocenters. The lowest BCUT2D eigenvalue weighted by Gasteiger charge is -2.34. The first-order valence-electron chi connectivity index (χ1n) is 9.14. The smallest absolute Gasteiger partial charge is 0.336 e. The minimum absolute atomic E-state index is 0.0674. The van der Waals surface area contributed by atoms with Crippen LogP contribution in [0.25, 0.3) is 0 Å². The van der Waals surface area contributed by atoms with Gasteiger partial charge in [0.2, 0.25) is 0 Å². The summed E-state index contributed by atoms with van der Waals surface area (Å²) in [4.78, 5) is 25.5. The summed E-state index contributed by atoms with van der Waals surface area (Å²) in [6.07, 6.45) is 2.09. The van der Waals surface area contributed by atoms with Crippen LogP contribution in [0.15, 0.2) is 40.7 Å². The maximum Gasteiger partial charge on any atom is 0.336 e. The van der Waals surface area contributed by atoms with Crippen LogP contribution in [-0.2, 0) is 14.3 Å². The van der Waals surface area contributed by atoms with Crippen molar-refractivity contribution in [2.45, 2.75) is 39.0 Å². The molecule has 0 spiro atoms. The van der Waals surface area contributed by atoms with Crippen LogP contribution >= 0.6 is 0 Å². The van der Waals surface area contributed by atoms with Gasteiger partial charge in [-0.15, -0.1) is 0 Å². The van der Waals surface area contributed by atoms with E-state index in [4.69, 9.17) is 14.2 Å². The van der Waals surface area contributed by atoms with Gasteiger partial charge in [0, 0.05) is 29.3 Å². The fraction of sp³-hybridized carbons (Fsp3) is 0.429. The Kier molecular flexibility index (Phi) is 5.54. The Labute approximate surface area is 159 Å². The standard InChI is InChI=1S/C21H25NO5/c1-5-27-21(24)18-12(2)22-14-7-6-8-15(23)20(14)19(18)13-9-10-16(25-3)17(11-13)26-4/h9-11,19,22H,5-8H2,1-4H3/t19-/m0/s1. The number of carbonyl (C=O) groups is 2. The second-order valence-corrected chi connectivity index (χ2v) is 6.60. The van der Waals surface area contributed by atoms with Crippen LogP contribution in [0, 0.1) is 0 Å². The maximum atomic E-state index is 12.8. The van der Waals surface area contributed by atoms with Gasteiger partial charge in [0.1, 0.15) is 0 Å². The minimum atomic E-state index is -0.479. The van der Waals surface area contributed by atoms with Gasteiger partial charge in [-0.3, -0.25) is 4.79 Å². The summed E-state index contributed by atoms with van der Waals surface area (Å²) >= 11 is 0. The summed E-state index contributed by atoms with van der Waals surface area (Å²) in [5.74, 6) is 0.329. The zero-order chi connectivity index (χ0) is 19.6. The average molecular weight is 371 g/mol. The molecule has 27 heavy (non-hydrogen) atoms. The monoisotopic (exact) mass is 371 g/mol. The predicted octanol–water partition coefficient (Wildman–Crippen LogP) is 3.23. The van der Waals surface area contributed by atoms with E-state index in [1.54, 1.807) is 27.2 Å². The number of methoxy groups -OCH3 is 2. The lowest BCUT2D eigenvalue weighted by atomic mass is 9.75. The van der Waals surface area contributed by atoms with E-state index in [1.807, 2.05) is 19.1 Å². The third-order valence-electron chi connectivity index (χ3n) is 5.01. The van der Waals surface area contributed by atoms with Crippen LogP contribution in [0.1, 0.15) is 44.6 Å². The van der Waals surface area contributed by atoms with Gasteiger partial charge in [-0.05, 0) is 44.4 Å². The molecule has 1 aliphatic carbocycles. The van der Waals surface area contributed by atoms with Crippen molar-refractivity contribution in [3.05, 3.63) is 46.3 Å². The van der Waals surface area contributed by atoms with Crippen LogP contribution in [-0.4, -0.2) is 32.6 Å². The van der Waals surface area contributed by atoms with E-state index in [0.29, 0.717) is 29.1 Å². The fourth-order valence-corrected chi connectivity index (χ4v) is 3.83. The van der Waals surface area contributed by atoms with Crippen molar-refractivity contribution < 1.29 is 23.8 Å². The molecule has 1 aliphatic heterocycles. The molecule has 0 saturated heterocycles. The van der Waals surface area contributed by atoms with Crippen molar-refractivity contribution in [3.8, 4) is 11.5 Å². The molecule has 3 rings (SSSR count). The lowest BCUT2D eigenvalue weighted by Crippen LogP contribution is -2.34. The molecule has 0 unspecified atom stereocenters. The quantitative estimate of drug-likeness (QED) is 0.801. The molecular formula is C21H25NO5. The summed E-state index contributed by atoms with van der Waals surface area (Å²) in [7, 11) is 3.13. The minimum Gasteiger partial charge on any atom is -0.493 e. The molecule has 0 amide bonds. The highest BCUT2D eigenvalue weighted by atomic mass is 16.5. The number of allylic oxidation sites excluding steroid dienone is 3. The number of carbonyl (C=O) groups excluding carboxylic acids is 2. The number of benzene rings is 1. The predicted molar refractivity (Wildman–Crippen MR) is 101 cm³/mol. The van der Waals surface area contributed by atoms with Gasteiger partial charge in [-0.2, -0.15) is 0 Å². The Hall–Kier alpha value is -2.76. The first-order chi connectivity index (χ1) is 13.0. The van der Waals surface area contributed by atoms with Gasteiger partial charge in [0.15, 0.2) is 17.3 Å². The average Bonchev–Trinajstić information content (AvgIpc) is 2.66. The van der Waals surface area contributed by atoms with Crippen molar-refractivity contribution in [2.24, 2.45) is 0 Å². The normalized spacial score (nSPS) is 19.4. The zero-order valence-corrected chi connectivity index (χ0v) is 16.2. The van der Waals surface area contributed by atoms with E-state index in [9.17, 15) is 9.59 Å². The number of dihydropyridines is 1. The van der Waals surface area contributed by atoms with Crippen LogP contribution < -0.4 is 14.8 Å². The van der Waals surface area contributed by atoms with Crippen molar-refractivity contribution in [3.63, 3.8) is 0 Å². The summed E-state index contributed by atoms with van der Waals surface area (Å²) in [6, 6.07) is 5.49. The van der Waals surface area contributed by atoms with Crippen molar-refractivity contribution in [1.29, 1.82) is 0 Å². The number of ketones is 1. The molecule has 0 bridgehead atoms. The molecule has 6 nitrogen and oxygen atoms in total. The molecule has 0 fully saturated rings. The summed E-state index contributed by atoms with van der Waals surface area (Å²) in [6.45, 7) is 3.89. The van der Waals surface area contributed by atoms with E-state index >= 15 is 0 Å². The van der Waals surface area contributed by atoms with Crippen molar-refractivity contribution >= 4 is 11.8 Å². The number of hydrogen-bond donors (Lipinski definition) is 1. The first kappa shape index (κ1) is 19.0. The first-order valence-corrected chi connectivity index (χ1v) is 9.14. The van der Waals surface area contributed by atoms with E-state index < -0.39 is 11.9 Å². The number of Topliss-reactive ketones (excluding diaryl/α,β-unsaturated/α-hetero) is 1. The van der Waals surface area contributed by atoms with Gasteiger partial charge in [-0.25, -0.2) is 4.79 Å². The second kappa shape index (κ2) is 7.86. The number of ether oxygens (including phenoxy) is 3. The van der Waals surface area contributed by atoms with Crippen LogP contribution in [0.3, 0.4) is 0 Å². The number of rotatable bonds is 5. The van der Waals surface area contributed by atoms with E-state index in [0.717, 1.165) is 29.8 Å². The summed E-state index contributed by atoms with van der Waals surface area (Å²) in [5.41, 5.74) is 3.55. The molecule has 1 aromatic rings. The van der Waals surface area contributed by atoms with E-state index in [1.165, 1.54) is 0 Å². The molecule has 0 saturated carbocycles. The van der Waals surface area contributed by atoms with Gasteiger partial charge in [0.25, 0.3) is 0 Å². The molecule has 1 aromatic carbocycles. The molecule has 1 N–H and O–H groups in total. The number of esters is 1. The SMILES string of the molecule is CCOC(=O)C1=C(C)NC2=C(C(=O)CCC2)[C@H]1c1ccc(OC)c(OC)c1. The Balaban J connectivity index is 2.18.